The van der Waals surface area contributed by atoms with E-state index in [0.717, 1.165) is 11.3 Å². The highest BCUT2D eigenvalue weighted by Gasteiger charge is 2.05. The molecule has 1 aromatic carbocycles. The van der Waals surface area contributed by atoms with Gasteiger partial charge < -0.3 is 10.6 Å². The van der Waals surface area contributed by atoms with Crippen molar-refractivity contribution in [2.75, 3.05) is 11.9 Å². The van der Waals surface area contributed by atoms with E-state index in [-0.39, 0.29) is 0 Å². The molecule has 3 nitrogen and oxygen atoms in total. The molecule has 0 saturated carbocycles. The Labute approximate surface area is 78.7 Å². The molecule has 0 atom stereocenters. The number of hydrogen-bond donors (Lipinski definition) is 2. The summed E-state index contributed by atoms with van der Waals surface area (Å²) in [5.74, 6) is 0.515. The van der Waals surface area contributed by atoms with Gasteiger partial charge in [0.1, 0.15) is 0 Å². The first-order valence-corrected chi connectivity index (χ1v) is 4.23. The van der Waals surface area contributed by atoms with Crippen molar-refractivity contribution in [3.63, 3.8) is 0 Å². The van der Waals surface area contributed by atoms with Gasteiger partial charge in [-0.1, -0.05) is 18.2 Å². The normalized spacial score (nSPS) is 9.77. The van der Waals surface area contributed by atoms with Crippen molar-refractivity contribution in [3.8, 4) is 0 Å². The zero-order valence-corrected chi connectivity index (χ0v) is 8.04. The van der Waals surface area contributed by atoms with E-state index in [0.29, 0.717) is 12.4 Å². The van der Waals surface area contributed by atoms with Crippen LogP contribution in [-0.4, -0.2) is 12.9 Å². The molecule has 0 amide bonds. The second-order valence-corrected chi connectivity index (χ2v) is 2.98. The third-order valence-corrected chi connectivity index (χ3v) is 2.08. The van der Waals surface area contributed by atoms with E-state index in [4.69, 9.17) is 11.1 Å². The Hall–Kier alpha value is -1.35. The molecule has 0 fully saturated rings. The van der Waals surface area contributed by atoms with Crippen molar-refractivity contribution in [2.45, 2.75) is 13.5 Å². The molecule has 0 unspecified atom stereocenters. The van der Waals surface area contributed by atoms with Crippen LogP contribution < -0.4 is 10.6 Å². The number of amidine groups is 1. The second-order valence-electron chi connectivity index (χ2n) is 2.98. The van der Waals surface area contributed by atoms with Gasteiger partial charge in [-0.15, -0.1) is 0 Å². The maximum atomic E-state index is 7.49. The quantitative estimate of drug-likeness (QED) is 0.532. The van der Waals surface area contributed by atoms with E-state index >= 15 is 0 Å². The number of para-hydroxylation sites is 1. The summed E-state index contributed by atoms with van der Waals surface area (Å²) < 4.78 is 0. The van der Waals surface area contributed by atoms with Crippen molar-refractivity contribution in [1.82, 2.24) is 0 Å². The topological polar surface area (TPSA) is 53.1 Å². The summed E-state index contributed by atoms with van der Waals surface area (Å²) in [4.78, 5) is 1.82. The van der Waals surface area contributed by atoms with E-state index in [9.17, 15) is 0 Å². The Morgan fingerprint density at radius 3 is 2.62 bits per heavy atom. The van der Waals surface area contributed by atoms with E-state index < -0.39 is 0 Å². The van der Waals surface area contributed by atoms with Crippen LogP contribution in [0.15, 0.2) is 24.3 Å². The smallest absolute Gasteiger partial charge is 0.0968 e. The molecule has 0 radical (unpaired) electrons. The highest BCUT2D eigenvalue weighted by atomic mass is 15.1. The zero-order valence-electron chi connectivity index (χ0n) is 8.04. The highest BCUT2D eigenvalue weighted by Crippen LogP contribution is 2.18. The maximum Gasteiger partial charge on any atom is 0.0968 e. The number of rotatable bonds is 2. The number of nitrogens with two attached hydrogens (primary N) is 1. The predicted molar refractivity (Wildman–Crippen MR) is 56.1 cm³/mol. The van der Waals surface area contributed by atoms with Gasteiger partial charge in [-0.25, -0.2) is 0 Å². The minimum atomic E-state index is 0.508. The van der Waals surface area contributed by atoms with Crippen LogP contribution in [0.3, 0.4) is 0 Å². The number of anilines is 1. The first-order valence-electron chi connectivity index (χ1n) is 4.23. The standard InChI is InChI=1S/C10H15N3/c1-8(12)13(2)10-6-4-3-5-9(10)7-11/h3-6,12H,7,11H2,1-2H3. The van der Waals surface area contributed by atoms with Gasteiger partial charge in [0.05, 0.1) is 5.84 Å². The van der Waals surface area contributed by atoms with E-state index in [2.05, 4.69) is 0 Å². The Morgan fingerprint density at radius 1 is 1.46 bits per heavy atom. The van der Waals surface area contributed by atoms with Crippen LogP contribution in [-0.2, 0) is 6.54 Å². The third-order valence-electron chi connectivity index (χ3n) is 2.08. The monoisotopic (exact) mass is 177 g/mol. The summed E-state index contributed by atoms with van der Waals surface area (Å²) in [6.45, 7) is 2.26. The lowest BCUT2D eigenvalue weighted by molar-refractivity contribution is 1.05. The van der Waals surface area contributed by atoms with E-state index in [1.54, 1.807) is 6.92 Å². The molecule has 1 rings (SSSR count). The van der Waals surface area contributed by atoms with Gasteiger partial charge in [0.25, 0.3) is 0 Å². The Bertz CT molecular complexity index is 307. The molecule has 0 aromatic heterocycles. The number of nitrogens with zero attached hydrogens (tertiary/aromatic N) is 1. The van der Waals surface area contributed by atoms with Crippen LogP contribution in [0, 0.1) is 5.41 Å². The van der Waals surface area contributed by atoms with Crippen LogP contribution in [0.5, 0.6) is 0 Å². The summed E-state index contributed by atoms with van der Waals surface area (Å²) >= 11 is 0. The molecule has 0 aliphatic heterocycles. The number of nitrogens with one attached hydrogen (secondary N) is 1. The molecule has 0 aliphatic carbocycles. The van der Waals surface area contributed by atoms with Crippen LogP contribution in [0.2, 0.25) is 0 Å². The molecule has 3 N–H and O–H groups in total. The van der Waals surface area contributed by atoms with Crippen LogP contribution in [0.25, 0.3) is 0 Å². The fourth-order valence-electron chi connectivity index (χ4n) is 1.19. The molecule has 1 aromatic rings. The first-order chi connectivity index (χ1) is 6.16. The third kappa shape index (κ3) is 2.06. The second kappa shape index (κ2) is 4.05. The van der Waals surface area contributed by atoms with Crippen LogP contribution in [0.4, 0.5) is 5.69 Å². The van der Waals surface area contributed by atoms with Crippen molar-refractivity contribution >= 4 is 11.5 Å². The van der Waals surface area contributed by atoms with E-state index in [1.165, 1.54) is 0 Å². The van der Waals surface area contributed by atoms with Crippen LogP contribution in [0.1, 0.15) is 12.5 Å². The molecule has 0 aliphatic rings. The van der Waals surface area contributed by atoms with Crippen molar-refractivity contribution in [3.05, 3.63) is 29.8 Å². The van der Waals surface area contributed by atoms with Gasteiger partial charge in [-0.2, -0.15) is 0 Å². The van der Waals surface area contributed by atoms with Gasteiger partial charge in [0, 0.05) is 19.3 Å². The largest absolute Gasteiger partial charge is 0.333 e. The lowest BCUT2D eigenvalue weighted by Crippen LogP contribution is -2.23. The van der Waals surface area contributed by atoms with Gasteiger partial charge in [0.2, 0.25) is 0 Å². The summed E-state index contributed by atoms with van der Waals surface area (Å²) in [5, 5.41) is 7.49. The Morgan fingerprint density at radius 2 is 2.08 bits per heavy atom. The molecule has 0 spiro atoms. The van der Waals surface area contributed by atoms with E-state index in [1.807, 2.05) is 36.2 Å². The average molecular weight is 177 g/mol. The Balaban J connectivity index is 3.05. The molecule has 13 heavy (non-hydrogen) atoms. The van der Waals surface area contributed by atoms with Gasteiger partial charge in [-0.3, -0.25) is 5.41 Å². The first kappa shape index (κ1) is 9.74. The summed E-state index contributed by atoms with van der Waals surface area (Å²) in [7, 11) is 1.87. The minimum absolute atomic E-state index is 0.508. The predicted octanol–water partition coefficient (Wildman–Crippen LogP) is 1.58. The summed E-state index contributed by atoms with van der Waals surface area (Å²) in [6.07, 6.45) is 0. The number of benzene rings is 1. The SMILES string of the molecule is CC(=N)N(C)c1ccccc1CN. The summed E-state index contributed by atoms with van der Waals surface area (Å²) in [5.41, 5.74) is 7.67. The lowest BCUT2D eigenvalue weighted by Gasteiger charge is -2.20. The van der Waals surface area contributed by atoms with Gasteiger partial charge >= 0.3 is 0 Å². The zero-order chi connectivity index (χ0) is 9.84. The molecule has 3 heteroatoms. The minimum Gasteiger partial charge on any atom is -0.333 e. The van der Waals surface area contributed by atoms with Crippen molar-refractivity contribution in [1.29, 1.82) is 5.41 Å². The number of hydrogen-bond acceptors (Lipinski definition) is 2. The fourth-order valence-corrected chi connectivity index (χ4v) is 1.19. The van der Waals surface area contributed by atoms with Crippen LogP contribution >= 0.6 is 0 Å². The van der Waals surface area contributed by atoms with Crippen molar-refractivity contribution in [2.24, 2.45) is 5.73 Å². The molecule has 0 bridgehead atoms. The molecule has 0 heterocycles. The molecule has 0 saturated heterocycles. The Kier molecular flexibility index (Phi) is 3.03. The summed E-state index contributed by atoms with van der Waals surface area (Å²) in [6, 6.07) is 7.86. The lowest BCUT2D eigenvalue weighted by atomic mass is 10.1. The van der Waals surface area contributed by atoms with Gasteiger partial charge in [-0.05, 0) is 18.6 Å². The maximum absolute atomic E-state index is 7.49. The highest BCUT2D eigenvalue weighted by molar-refractivity contribution is 5.93. The fraction of sp³-hybridized carbons (Fsp3) is 0.300. The molecular formula is C10H15N3. The average Bonchev–Trinajstić information content (AvgIpc) is 2.16. The molecule has 70 valence electrons. The van der Waals surface area contributed by atoms with Gasteiger partial charge in [0.15, 0.2) is 0 Å². The molecular weight excluding hydrogens is 162 g/mol. The van der Waals surface area contributed by atoms with Crippen molar-refractivity contribution < 1.29 is 0 Å².